The second-order valence-electron chi connectivity index (χ2n) is 4.40. The van der Waals surface area contributed by atoms with Crippen molar-refractivity contribution in [3.63, 3.8) is 0 Å². The van der Waals surface area contributed by atoms with Gasteiger partial charge in [0.1, 0.15) is 6.07 Å². The van der Waals surface area contributed by atoms with Gasteiger partial charge < -0.3 is 4.90 Å². The summed E-state index contributed by atoms with van der Waals surface area (Å²) in [5.74, 6) is 2.76. The summed E-state index contributed by atoms with van der Waals surface area (Å²) in [5, 5.41) is 8.84. The van der Waals surface area contributed by atoms with Crippen molar-refractivity contribution >= 4 is 21.6 Å². The number of anilines is 1. The fourth-order valence-corrected chi connectivity index (χ4v) is 2.26. The van der Waals surface area contributed by atoms with Crippen LogP contribution >= 0.6 is 15.9 Å². The molecule has 0 spiro atoms. The van der Waals surface area contributed by atoms with E-state index in [1.165, 1.54) is 12.8 Å². The van der Waals surface area contributed by atoms with Gasteiger partial charge in [-0.1, -0.05) is 5.92 Å². The molecule has 0 saturated heterocycles. The number of benzene rings is 1. The van der Waals surface area contributed by atoms with Crippen LogP contribution < -0.4 is 4.90 Å². The highest BCUT2D eigenvalue weighted by Crippen LogP contribution is 2.34. The number of hydrogen-bond donors (Lipinski definition) is 0. The average Bonchev–Trinajstić information content (AvgIpc) is 3.16. The van der Waals surface area contributed by atoms with Crippen molar-refractivity contribution < 1.29 is 4.39 Å². The summed E-state index contributed by atoms with van der Waals surface area (Å²) in [5.41, 5.74) is 0.758. The number of nitriles is 1. The van der Waals surface area contributed by atoms with Crippen molar-refractivity contribution in [1.29, 1.82) is 5.26 Å². The third-order valence-electron chi connectivity index (χ3n) is 2.98. The molecule has 0 amide bonds. The quantitative estimate of drug-likeness (QED) is 0.798. The lowest BCUT2D eigenvalue weighted by atomic mass is 10.2. The maximum atomic E-state index is 14.2. The first-order valence-corrected chi connectivity index (χ1v) is 6.53. The minimum absolute atomic E-state index is 0.209. The Balaban J connectivity index is 2.32. The fraction of sp³-hybridized carbons (Fsp3) is 0.357. The van der Waals surface area contributed by atoms with E-state index in [0.29, 0.717) is 23.7 Å². The maximum Gasteiger partial charge on any atom is 0.162 e. The molecule has 1 fully saturated rings. The molecule has 1 aromatic carbocycles. The van der Waals surface area contributed by atoms with Gasteiger partial charge in [-0.2, -0.15) is 5.26 Å². The van der Waals surface area contributed by atoms with Crippen LogP contribution in [-0.4, -0.2) is 13.1 Å². The van der Waals surface area contributed by atoms with Crippen LogP contribution in [0.1, 0.15) is 18.4 Å². The number of terminal acetylenes is 1. The van der Waals surface area contributed by atoms with Gasteiger partial charge >= 0.3 is 0 Å². The minimum Gasteiger partial charge on any atom is -0.358 e. The molecule has 0 aromatic heterocycles. The summed E-state index contributed by atoms with van der Waals surface area (Å²) in [6, 6.07) is 5.18. The van der Waals surface area contributed by atoms with Crippen LogP contribution in [0.15, 0.2) is 16.6 Å². The van der Waals surface area contributed by atoms with Crippen molar-refractivity contribution in [3.8, 4) is 18.4 Å². The minimum atomic E-state index is -0.412. The Labute approximate surface area is 115 Å². The predicted molar refractivity (Wildman–Crippen MR) is 72.6 cm³/mol. The molecule has 2 rings (SSSR count). The molecule has 1 aromatic rings. The molecule has 0 N–H and O–H groups in total. The molecule has 4 heteroatoms. The zero-order chi connectivity index (χ0) is 13.1. The third-order valence-corrected chi connectivity index (χ3v) is 3.76. The zero-order valence-electron chi connectivity index (χ0n) is 9.79. The second kappa shape index (κ2) is 5.42. The molecule has 0 unspecified atom stereocenters. The molecule has 0 atom stereocenters. The van der Waals surface area contributed by atoms with Crippen LogP contribution in [0.3, 0.4) is 0 Å². The van der Waals surface area contributed by atoms with Crippen molar-refractivity contribution in [2.24, 2.45) is 5.92 Å². The number of halogens is 2. The normalized spacial score (nSPS) is 13.8. The first-order valence-electron chi connectivity index (χ1n) is 5.74. The Kier molecular flexibility index (Phi) is 3.89. The van der Waals surface area contributed by atoms with Crippen LogP contribution in [0, 0.1) is 35.4 Å². The van der Waals surface area contributed by atoms with Gasteiger partial charge in [0.25, 0.3) is 0 Å². The van der Waals surface area contributed by atoms with E-state index >= 15 is 0 Å². The summed E-state index contributed by atoms with van der Waals surface area (Å²) in [4.78, 5) is 1.86. The largest absolute Gasteiger partial charge is 0.358 e. The molecule has 1 saturated carbocycles. The molecule has 0 bridgehead atoms. The van der Waals surface area contributed by atoms with Crippen molar-refractivity contribution in [2.75, 3.05) is 18.0 Å². The van der Waals surface area contributed by atoms with E-state index in [9.17, 15) is 4.39 Å². The third kappa shape index (κ3) is 2.66. The first kappa shape index (κ1) is 12.9. The predicted octanol–water partition coefficient (Wildman–Crippen LogP) is 3.31. The lowest BCUT2D eigenvalue weighted by molar-refractivity contribution is 0.610. The lowest BCUT2D eigenvalue weighted by Crippen LogP contribution is -2.27. The molecule has 0 radical (unpaired) electrons. The molecule has 1 aliphatic rings. The standard InChI is InChI=1S/C14H12BrFN2/c1-2-7-18(9-10-3-4-10)12-6-5-11(8-17)13(15)14(12)16/h1,5-6,10H,3-4,7,9H2. The summed E-state index contributed by atoms with van der Waals surface area (Å²) < 4.78 is 14.4. The Morgan fingerprint density at radius 1 is 1.50 bits per heavy atom. The van der Waals surface area contributed by atoms with Gasteiger partial charge in [0.2, 0.25) is 0 Å². The van der Waals surface area contributed by atoms with Gasteiger partial charge in [-0.25, -0.2) is 4.39 Å². The van der Waals surface area contributed by atoms with E-state index in [4.69, 9.17) is 11.7 Å². The lowest BCUT2D eigenvalue weighted by Gasteiger charge is -2.23. The maximum absolute atomic E-state index is 14.2. The van der Waals surface area contributed by atoms with Gasteiger partial charge in [0.05, 0.1) is 22.3 Å². The van der Waals surface area contributed by atoms with Gasteiger partial charge in [-0.3, -0.25) is 0 Å². The molecule has 18 heavy (non-hydrogen) atoms. The van der Waals surface area contributed by atoms with E-state index in [-0.39, 0.29) is 4.47 Å². The van der Waals surface area contributed by atoms with E-state index in [0.717, 1.165) is 6.54 Å². The molecular formula is C14H12BrFN2. The molecule has 2 nitrogen and oxygen atoms in total. The average molecular weight is 307 g/mol. The highest BCUT2D eigenvalue weighted by Gasteiger charge is 2.26. The number of rotatable bonds is 4. The van der Waals surface area contributed by atoms with Gasteiger partial charge in [0.15, 0.2) is 5.82 Å². The fourth-order valence-electron chi connectivity index (χ4n) is 1.84. The van der Waals surface area contributed by atoms with Crippen molar-refractivity contribution in [3.05, 3.63) is 28.0 Å². The first-order chi connectivity index (χ1) is 8.67. The topological polar surface area (TPSA) is 27.0 Å². The summed E-state index contributed by atoms with van der Waals surface area (Å²) in [7, 11) is 0. The van der Waals surface area contributed by atoms with Crippen LogP contribution in [0.25, 0.3) is 0 Å². The van der Waals surface area contributed by atoms with Gasteiger partial charge in [-0.15, -0.1) is 6.42 Å². The monoisotopic (exact) mass is 306 g/mol. The van der Waals surface area contributed by atoms with E-state index in [2.05, 4.69) is 21.9 Å². The Morgan fingerprint density at radius 2 is 2.22 bits per heavy atom. The summed E-state index contributed by atoms with van der Waals surface area (Å²) in [6.45, 7) is 1.16. The molecule has 92 valence electrons. The van der Waals surface area contributed by atoms with Crippen molar-refractivity contribution in [2.45, 2.75) is 12.8 Å². The van der Waals surface area contributed by atoms with Gasteiger partial charge in [-0.05, 0) is 46.8 Å². The van der Waals surface area contributed by atoms with E-state index in [1.54, 1.807) is 12.1 Å². The summed E-state index contributed by atoms with van der Waals surface area (Å²) >= 11 is 3.12. The number of nitrogens with zero attached hydrogens (tertiary/aromatic N) is 2. The Hall–Kier alpha value is -1.52. The van der Waals surface area contributed by atoms with Crippen molar-refractivity contribution in [1.82, 2.24) is 0 Å². The highest BCUT2D eigenvalue weighted by molar-refractivity contribution is 9.10. The Morgan fingerprint density at radius 3 is 2.78 bits per heavy atom. The molecular weight excluding hydrogens is 295 g/mol. The smallest absolute Gasteiger partial charge is 0.162 e. The molecule has 0 aliphatic heterocycles. The van der Waals surface area contributed by atoms with Crippen LogP contribution in [-0.2, 0) is 0 Å². The SMILES string of the molecule is C#CCN(CC1CC1)c1ccc(C#N)c(Br)c1F. The summed E-state index contributed by atoms with van der Waals surface area (Å²) in [6.07, 6.45) is 7.69. The van der Waals surface area contributed by atoms with Crippen LogP contribution in [0.4, 0.5) is 10.1 Å². The second-order valence-corrected chi connectivity index (χ2v) is 5.19. The molecule has 1 aliphatic carbocycles. The van der Waals surface area contributed by atoms with E-state index in [1.807, 2.05) is 11.0 Å². The van der Waals surface area contributed by atoms with E-state index < -0.39 is 5.82 Å². The molecule has 0 heterocycles. The zero-order valence-corrected chi connectivity index (χ0v) is 11.4. The van der Waals surface area contributed by atoms with Crippen LogP contribution in [0.2, 0.25) is 0 Å². The number of hydrogen-bond acceptors (Lipinski definition) is 2. The Bertz CT molecular complexity index is 538. The van der Waals surface area contributed by atoms with Gasteiger partial charge in [0, 0.05) is 6.54 Å². The van der Waals surface area contributed by atoms with Crippen LogP contribution in [0.5, 0.6) is 0 Å². The highest BCUT2D eigenvalue weighted by atomic mass is 79.9.